The third kappa shape index (κ3) is 3.54. The van der Waals surface area contributed by atoms with Gasteiger partial charge in [0.05, 0.1) is 4.92 Å². The molecule has 1 atom stereocenters. The zero-order chi connectivity index (χ0) is 13.8. The number of thioether (sulfide) groups is 1. The summed E-state index contributed by atoms with van der Waals surface area (Å²) in [6.07, 6.45) is 5.55. The number of hydrogen-bond acceptors (Lipinski definition) is 4. The minimum atomic E-state index is -0.347. The normalized spacial score (nSPS) is 20.1. The lowest BCUT2D eigenvalue weighted by molar-refractivity contribution is -0.384. The molecule has 0 bridgehead atoms. The Morgan fingerprint density at radius 1 is 1.47 bits per heavy atom. The molecule has 1 saturated heterocycles. The fraction of sp³-hybridized carbons (Fsp3) is 0.538. The Labute approximate surface area is 122 Å². The van der Waals surface area contributed by atoms with Crippen molar-refractivity contribution in [3.05, 3.63) is 33.3 Å². The van der Waals surface area contributed by atoms with Gasteiger partial charge in [0.2, 0.25) is 0 Å². The molecule has 1 aliphatic heterocycles. The molecule has 104 valence electrons. The van der Waals surface area contributed by atoms with E-state index in [0.717, 1.165) is 19.5 Å². The Hall–Kier alpha value is -0.940. The number of halogens is 1. The molecule has 2 rings (SSSR count). The van der Waals surface area contributed by atoms with Crippen LogP contribution in [0.3, 0.4) is 0 Å². The van der Waals surface area contributed by atoms with Crippen molar-refractivity contribution >= 4 is 34.7 Å². The molecule has 0 saturated carbocycles. The first-order chi connectivity index (χ1) is 9.11. The predicted molar refractivity (Wildman–Crippen MR) is 81.5 cm³/mol. The van der Waals surface area contributed by atoms with E-state index in [1.165, 1.54) is 18.9 Å². The monoisotopic (exact) mass is 300 g/mol. The van der Waals surface area contributed by atoms with Crippen LogP contribution in [0, 0.1) is 10.1 Å². The summed E-state index contributed by atoms with van der Waals surface area (Å²) in [5.74, 6) is 0. The summed E-state index contributed by atoms with van der Waals surface area (Å²) in [7, 11) is 0. The molecule has 4 nitrogen and oxygen atoms in total. The van der Waals surface area contributed by atoms with E-state index in [2.05, 4.69) is 11.2 Å². The molecule has 6 heteroatoms. The van der Waals surface area contributed by atoms with Gasteiger partial charge in [-0.05, 0) is 31.2 Å². The van der Waals surface area contributed by atoms with Crippen molar-refractivity contribution < 1.29 is 4.92 Å². The molecular weight excluding hydrogens is 284 g/mol. The van der Waals surface area contributed by atoms with E-state index in [9.17, 15) is 10.1 Å². The maximum Gasteiger partial charge on any atom is 0.294 e. The topological polar surface area (TPSA) is 46.4 Å². The first-order valence-electron chi connectivity index (χ1n) is 6.33. The molecule has 1 fully saturated rings. The second kappa shape index (κ2) is 6.48. The van der Waals surface area contributed by atoms with E-state index in [0.29, 0.717) is 16.0 Å². The van der Waals surface area contributed by atoms with E-state index in [4.69, 9.17) is 11.6 Å². The average Bonchev–Trinajstić information content (AvgIpc) is 2.63. The van der Waals surface area contributed by atoms with Crippen LogP contribution >= 0.6 is 23.4 Å². The standard InChI is InChI=1S/C13H17ClN2O2S/c1-19-11-4-2-3-7-15(9-11)12-6-5-10(14)8-13(12)16(17)18/h5-6,8,11H,2-4,7,9H2,1H3. The van der Waals surface area contributed by atoms with Crippen molar-refractivity contribution in [1.82, 2.24) is 0 Å². The van der Waals surface area contributed by atoms with Gasteiger partial charge in [0.1, 0.15) is 5.69 Å². The number of nitrogens with zero attached hydrogens (tertiary/aromatic N) is 2. The second-order valence-corrected chi connectivity index (χ2v) is 6.26. The van der Waals surface area contributed by atoms with Crippen LogP contribution in [0.15, 0.2) is 18.2 Å². The lowest BCUT2D eigenvalue weighted by Crippen LogP contribution is -2.29. The summed E-state index contributed by atoms with van der Waals surface area (Å²) in [4.78, 5) is 12.9. The molecule has 1 aromatic rings. The van der Waals surface area contributed by atoms with Crippen molar-refractivity contribution in [2.45, 2.75) is 24.5 Å². The van der Waals surface area contributed by atoms with Crippen LogP contribution in [0.1, 0.15) is 19.3 Å². The minimum absolute atomic E-state index is 0.106. The predicted octanol–water partition coefficient (Wildman–Crippen LogP) is 3.97. The highest BCUT2D eigenvalue weighted by Crippen LogP contribution is 2.33. The van der Waals surface area contributed by atoms with E-state index < -0.39 is 0 Å². The quantitative estimate of drug-likeness (QED) is 0.626. The van der Waals surface area contributed by atoms with Gasteiger partial charge in [-0.2, -0.15) is 11.8 Å². The third-order valence-electron chi connectivity index (χ3n) is 3.44. The summed E-state index contributed by atoms with van der Waals surface area (Å²) in [6, 6.07) is 4.93. The highest BCUT2D eigenvalue weighted by Gasteiger charge is 2.24. The molecule has 0 N–H and O–H groups in total. The Kier molecular flexibility index (Phi) is 4.93. The van der Waals surface area contributed by atoms with Crippen LogP contribution in [-0.4, -0.2) is 29.5 Å². The molecule has 1 aliphatic rings. The Morgan fingerprint density at radius 2 is 2.26 bits per heavy atom. The summed E-state index contributed by atoms with van der Waals surface area (Å²) < 4.78 is 0. The molecule has 0 aliphatic carbocycles. The number of anilines is 1. The lowest BCUT2D eigenvalue weighted by atomic mass is 10.2. The maximum absolute atomic E-state index is 11.2. The highest BCUT2D eigenvalue weighted by molar-refractivity contribution is 7.99. The van der Waals surface area contributed by atoms with Gasteiger partial charge in [-0.15, -0.1) is 0 Å². The first-order valence-corrected chi connectivity index (χ1v) is 8.00. The molecule has 0 spiro atoms. The van der Waals surface area contributed by atoms with Crippen molar-refractivity contribution in [2.24, 2.45) is 0 Å². The summed E-state index contributed by atoms with van der Waals surface area (Å²) >= 11 is 7.70. The van der Waals surface area contributed by atoms with Crippen molar-refractivity contribution in [3.8, 4) is 0 Å². The molecule has 0 amide bonds. The highest BCUT2D eigenvalue weighted by atomic mass is 35.5. The minimum Gasteiger partial charge on any atom is -0.365 e. The van der Waals surface area contributed by atoms with Crippen LogP contribution in [0.25, 0.3) is 0 Å². The number of hydrogen-bond donors (Lipinski definition) is 0. The number of benzene rings is 1. The lowest BCUT2D eigenvalue weighted by Gasteiger charge is -2.25. The van der Waals surface area contributed by atoms with Gasteiger partial charge in [-0.1, -0.05) is 18.0 Å². The molecule has 19 heavy (non-hydrogen) atoms. The Bertz CT molecular complexity index is 470. The van der Waals surface area contributed by atoms with Crippen LogP contribution in [0.5, 0.6) is 0 Å². The third-order valence-corrected chi connectivity index (χ3v) is 4.72. The van der Waals surface area contributed by atoms with E-state index >= 15 is 0 Å². The van der Waals surface area contributed by atoms with Gasteiger partial charge in [0, 0.05) is 29.4 Å². The number of nitro benzene ring substituents is 1. The second-order valence-electron chi connectivity index (χ2n) is 4.69. The molecule has 1 heterocycles. The summed E-state index contributed by atoms with van der Waals surface area (Å²) in [5, 5.41) is 12.1. The Morgan fingerprint density at radius 3 is 2.95 bits per heavy atom. The van der Waals surface area contributed by atoms with Gasteiger partial charge >= 0.3 is 0 Å². The van der Waals surface area contributed by atoms with Gasteiger partial charge in [-0.25, -0.2) is 0 Å². The first kappa shape index (κ1) is 14.5. The van der Waals surface area contributed by atoms with E-state index in [1.807, 2.05) is 11.8 Å². The molecule has 1 unspecified atom stereocenters. The smallest absolute Gasteiger partial charge is 0.294 e. The molecule has 0 aromatic heterocycles. The zero-order valence-corrected chi connectivity index (χ0v) is 12.4. The SMILES string of the molecule is CSC1CCCCN(c2ccc(Cl)cc2[N+](=O)[O-])C1. The van der Waals surface area contributed by atoms with Crippen molar-refractivity contribution in [3.63, 3.8) is 0 Å². The van der Waals surface area contributed by atoms with Gasteiger partial charge in [-0.3, -0.25) is 10.1 Å². The largest absolute Gasteiger partial charge is 0.365 e. The number of rotatable bonds is 3. The van der Waals surface area contributed by atoms with Crippen LogP contribution in [-0.2, 0) is 0 Å². The average molecular weight is 301 g/mol. The van der Waals surface area contributed by atoms with Crippen LogP contribution < -0.4 is 4.90 Å². The van der Waals surface area contributed by atoms with Gasteiger partial charge < -0.3 is 4.90 Å². The van der Waals surface area contributed by atoms with Gasteiger partial charge in [0.15, 0.2) is 0 Å². The zero-order valence-electron chi connectivity index (χ0n) is 10.8. The molecule has 0 radical (unpaired) electrons. The molecular formula is C13H17ClN2O2S. The Balaban J connectivity index is 2.31. The van der Waals surface area contributed by atoms with Crippen molar-refractivity contribution in [1.29, 1.82) is 0 Å². The van der Waals surface area contributed by atoms with Crippen LogP contribution in [0.4, 0.5) is 11.4 Å². The van der Waals surface area contributed by atoms with Crippen LogP contribution in [0.2, 0.25) is 5.02 Å². The fourth-order valence-electron chi connectivity index (χ4n) is 2.42. The number of nitro groups is 1. The summed E-state index contributed by atoms with van der Waals surface area (Å²) in [5.41, 5.74) is 0.796. The molecule has 1 aromatic carbocycles. The summed E-state index contributed by atoms with van der Waals surface area (Å²) in [6.45, 7) is 1.74. The van der Waals surface area contributed by atoms with Gasteiger partial charge in [0.25, 0.3) is 5.69 Å². The fourth-order valence-corrected chi connectivity index (χ4v) is 3.32. The van der Waals surface area contributed by atoms with E-state index in [1.54, 1.807) is 12.1 Å². The van der Waals surface area contributed by atoms with E-state index in [-0.39, 0.29) is 10.6 Å². The van der Waals surface area contributed by atoms with Crippen molar-refractivity contribution in [2.75, 3.05) is 24.2 Å². The maximum atomic E-state index is 11.2.